The topological polar surface area (TPSA) is 0 Å². The van der Waals surface area contributed by atoms with Crippen LogP contribution in [0, 0.1) is 0 Å². The van der Waals surface area contributed by atoms with Gasteiger partial charge in [-0.25, -0.2) is 0 Å². The van der Waals surface area contributed by atoms with E-state index >= 15 is 0 Å². The van der Waals surface area contributed by atoms with Crippen LogP contribution in [0.15, 0.2) is 30.3 Å². The van der Waals surface area contributed by atoms with E-state index in [0.29, 0.717) is 11.8 Å². The van der Waals surface area contributed by atoms with Crippen LogP contribution in [-0.4, -0.2) is 12.0 Å². The number of hydrogen-bond acceptors (Lipinski definition) is 0. The van der Waals surface area contributed by atoms with Gasteiger partial charge in [0.25, 0.3) is 0 Å². The van der Waals surface area contributed by atoms with Crippen LogP contribution in [0.2, 0.25) is 0 Å². The highest BCUT2D eigenvalue weighted by molar-refractivity contribution is 7.16. The summed E-state index contributed by atoms with van der Waals surface area (Å²) in [5, 5.41) is 0. The van der Waals surface area contributed by atoms with Crippen molar-refractivity contribution in [3.63, 3.8) is 0 Å². The Morgan fingerprint density at radius 2 is 1.91 bits per heavy atom. The summed E-state index contributed by atoms with van der Waals surface area (Å²) in [6.45, 7) is 0. The number of hydrogen-bond donors (Lipinski definition) is 0. The lowest BCUT2D eigenvalue weighted by Gasteiger charge is -2.10. The Hall–Kier alpha value is -0.0600. The second kappa shape index (κ2) is 4.74. The van der Waals surface area contributed by atoms with E-state index in [9.17, 15) is 0 Å². The molecule has 0 aliphatic carbocycles. The molecule has 0 aliphatic heterocycles. The molecule has 1 aromatic rings. The van der Waals surface area contributed by atoms with Gasteiger partial charge in [-0.3, -0.25) is 0 Å². The predicted octanol–water partition coefficient (Wildman–Crippen LogP) is 2.88. The normalized spacial score (nSPS) is 12.9. The molecule has 0 heterocycles. The Kier molecular flexibility index (Phi) is 3.90. The van der Waals surface area contributed by atoms with Gasteiger partial charge in [-0.15, -0.1) is 20.8 Å². The van der Waals surface area contributed by atoms with Gasteiger partial charge in [0.15, 0.2) is 0 Å². The second-order valence-electron chi connectivity index (χ2n) is 2.50. The van der Waals surface area contributed by atoms with Gasteiger partial charge >= 0.3 is 0 Å². The molecule has 0 spiro atoms. The lowest BCUT2D eigenvalue weighted by Crippen LogP contribution is -2.00. The van der Waals surface area contributed by atoms with E-state index in [1.807, 2.05) is 6.07 Å². The molecule has 0 bridgehead atoms. The summed E-state index contributed by atoms with van der Waals surface area (Å²) in [6, 6.07) is 10.4. The number of alkyl halides is 1. The summed E-state index contributed by atoms with van der Waals surface area (Å²) >= 11 is 5.79. The maximum absolute atomic E-state index is 5.79. The molecule has 2 atom stereocenters. The van der Waals surface area contributed by atoms with Crippen LogP contribution in [0.5, 0.6) is 0 Å². The summed E-state index contributed by atoms with van der Waals surface area (Å²) in [5.74, 6) is 1.19. The number of halogens is 1. The minimum atomic E-state index is 0.489. The SMILES string of the molecule is PCC(CCl)c1ccccc1. The zero-order valence-electron chi connectivity index (χ0n) is 6.33. The molecule has 0 amide bonds. The molecule has 0 radical (unpaired) electrons. The van der Waals surface area contributed by atoms with Crippen molar-refractivity contribution in [2.24, 2.45) is 0 Å². The zero-order valence-corrected chi connectivity index (χ0v) is 8.24. The van der Waals surface area contributed by atoms with Crippen LogP contribution in [0.1, 0.15) is 11.5 Å². The third-order valence-electron chi connectivity index (χ3n) is 1.74. The van der Waals surface area contributed by atoms with Gasteiger partial charge in [0.1, 0.15) is 0 Å². The van der Waals surface area contributed by atoms with E-state index < -0.39 is 0 Å². The monoisotopic (exact) mass is 186 g/mol. The van der Waals surface area contributed by atoms with E-state index in [1.54, 1.807) is 0 Å². The molecular weight excluding hydrogens is 175 g/mol. The van der Waals surface area contributed by atoms with Gasteiger partial charge in [-0.1, -0.05) is 30.3 Å². The quantitative estimate of drug-likeness (QED) is 0.503. The first-order valence-electron chi connectivity index (χ1n) is 3.69. The van der Waals surface area contributed by atoms with Crippen molar-refractivity contribution in [2.45, 2.75) is 5.92 Å². The molecule has 60 valence electrons. The summed E-state index contributed by atoms with van der Waals surface area (Å²) in [7, 11) is 2.73. The van der Waals surface area contributed by atoms with E-state index in [-0.39, 0.29) is 0 Å². The third-order valence-corrected chi connectivity index (χ3v) is 2.68. The molecule has 2 heteroatoms. The molecule has 1 rings (SSSR count). The molecule has 0 N–H and O–H groups in total. The second-order valence-corrected chi connectivity index (χ2v) is 3.28. The van der Waals surface area contributed by atoms with Crippen LogP contribution < -0.4 is 0 Å². The van der Waals surface area contributed by atoms with Gasteiger partial charge in [-0.05, 0) is 11.7 Å². The van der Waals surface area contributed by atoms with Crippen molar-refractivity contribution in [1.29, 1.82) is 0 Å². The highest BCUT2D eigenvalue weighted by Crippen LogP contribution is 2.18. The molecule has 1 aromatic carbocycles. The van der Waals surface area contributed by atoms with E-state index in [4.69, 9.17) is 11.6 Å². The fourth-order valence-corrected chi connectivity index (χ4v) is 1.97. The van der Waals surface area contributed by atoms with Crippen LogP contribution in [0.4, 0.5) is 0 Å². The Labute approximate surface area is 75.2 Å². The minimum Gasteiger partial charge on any atom is -0.137 e. The first-order chi connectivity index (χ1) is 5.38. The highest BCUT2D eigenvalue weighted by atomic mass is 35.5. The van der Waals surface area contributed by atoms with Gasteiger partial charge in [-0.2, -0.15) is 0 Å². The van der Waals surface area contributed by atoms with Crippen molar-refractivity contribution in [1.82, 2.24) is 0 Å². The molecular formula is C9H12ClP. The molecule has 2 unspecified atom stereocenters. The average Bonchev–Trinajstić information content (AvgIpc) is 2.09. The van der Waals surface area contributed by atoms with Crippen molar-refractivity contribution >= 4 is 20.8 Å². The van der Waals surface area contributed by atoms with Crippen molar-refractivity contribution in [2.75, 3.05) is 12.0 Å². The first kappa shape index (κ1) is 9.03. The van der Waals surface area contributed by atoms with Gasteiger partial charge in [0.2, 0.25) is 0 Å². The maximum Gasteiger partial charge on any atom is 0.0295 e. The lowest BCUT2D eigenvalue weighted by atomic mass is 10.0. The molecule has 0 fully saturated rings. The standard InChI is InChI=1S/C9H12ClP/c10-6-9(7-11)8-4-2-1-3-5-8/h1-5,9H,6-7,11H2. The van der Waals surface area contributed by atoms with Crippen LogP contribution in [0.3, 0.4) is 0 Å². The Morgan fingerprint density at radius 1 is 1.27 bits per heavy atom. The van der Waals surface area contributed by atoms with Crippen LogP contribution in [0.25, 0.3) is 0 Å². The van der Waals surface area contributed by atoms with Gasteiger partial charge in [0, 0.05) is 11.8 Å². The predicted molar refractivity (Wildman–Crippen MR) is 54.5 cm³/mol. The van der Waals surface area contributed by atoms with Crippen molar-refractivity contribution in [3.8, 4) is 0 Å². The summed E-state index contributed by atoms with van der Waals surface area (Å²) < 4.78 is 0. The molecule has 0 saturated carbocycles. The maximum atomic E-state index is 5.79. The van der Waals surface area contributed by atoms with E-state index in [0.717, 1.165) is 6.16 Å². The average molecular weight is 187 g/mol. The first-order valence-corrected chi connectivity index (χ1v) is 5.04. The summed E-state index contributed by atoms with van der Waals surface area (Å²) in [5.41, 5.74) is 1.33. The lowest BCUT2D eigenvalue weighted by molar-refractivity contribution is 0.890. The molecule has 0 aromatic heterocycles. The van der Waals surface area contributed by atoms with Gasteiger partial charge in [0.05, 0.1) is 0 Å². The Morgan fingerprint density at radius 3 is 2.36 bits per heavy atom. The fraction of sp³-hybridized carbons (Fsp3) is 0.333. The van der Waals surface area contributed by atoms with E-state index in [2.05, 4.69) is 33.5 Å². The summed E-state index contributed by atoms with van der Waals surface area (Å²) in [6.07, 6.45) is 1.04. The minimum absolute atomic E-state index is 0.489. The Balaban J connectivity index is 2.74. The van der Waals surface area contributed by atoms with Crippen molar-refractivity contribution in [3.05, 3.63) is 35.9 Å². The number of rotatable bonds is 3. The molecule has 0 aliphatic rings. The molecule has 0 nitrogen and oxygen atoms in total. The fourth-order valence-electron chi connectivity index (χ4n) is 1.01. The Bertz CT molecular complexity index is 194. The third kappa shape index (κ3) is 2.47. The highest BCUT2D eigenvalue weighted by Gasteiger charge is 2.05. The molecule has 0 saturated heterocycles. The smallest absolute Gasteiger partial charge is 0.0295 e. The van der Waals surface area contributed by atoms with Gasteiger partial charge < -0.3 is 0 Å². The van der Waals surface area contributed by atoms with E-state index in [1.165, 1.54) is 5.56 Å². The molecule has 11 heavy (non-hydrogen) atoms. The number of benzene rings is 1. The van der Waals surface area contributed by atoms with Crippen LogP contribution >= 0.6 is 20.8 Å². The summed E-state index contributed by atoms with van der Waals surface area (Å²) in [4.78, 5) is 0. The van der Waals surface area contributed by atoms with Crippen molar-refractivity contribution < 1.29 is 0 Å². The zero-order chi connectivity index (χ0) is 8.10. The largest absolute Gasteiger partial charge is 0.137 e. The van der Waals surface area contributed by atoms with Crippen LogP contribution in [-0.2, 0) is 0 Å².